The van der Waals surface area contributed by atoms with E-state index in [4.69, 9.17) is 10.5 Å². The van der Waals surface area contributed by atoms with Crippen molar-refractivity contribution >= 4 is 6.03 Å². The molecule has 0 saturated carbocycles. The Kier molecular flexibility index (Phi) is 1.72. The zero-order valence-corrected chi connectivity index (χ0v) is 7.08. The van der Waals surface area contributed by atoms with Crippen LogP contribution in [0, 0.1) is 5.41 Å². The van der Waals surface area contributed by atoms with Gasteiger partial charge in [0.15, 0.2) is 0 Å². The number of primary amides is 1. The fourth-order valence-corrected chi connectivity index (χ4v) is 1.88. The number of amides is 2. The summed E-state index contributed by atoms with van der Waals surface area (Å²) >= 11 is 0. The first-order valence-corrected chi connectivity index (χ1v) is 4.34. The summed E-state index contributed by atoms with van der Waals surface area (Å²) < 4.78 is 5.18. The Morgan fingerprint density at radius 3 is 2.25 bits per heavy atom. The molecule has 0 aromatic rings. The molecule has 2 fully saturated rings. The zero-order valence-electron chi connectivity index (χ0n) is 7.08. The second-order valence-electron chi connectivity index (χ2n) is 3.82. The first-order valence-electron chi connectivity index (χ1n) is 4.34. The summed E-state index contributed by atoms with van der Waals surface area (Å²) in [6.07, 6.45) is 2.10. The van der Waals surface area contributed by atoms with E-state index in [0.29, 0.717) is 5.41 Å². The Morgan fingerprint density at radius 2 is 1.92 bits per heavy atom. The third kappa shape index (κ3) is 1.16. The predicted octanol–water partition coefficient (Wildman–Crippen LogP) is 0.177. The molecule has 2 saturated heterocycles. The number of nitrogens with zero attached hydrogens (tertiary/aromatic N) is 1. The Balaban J connectivity index is 1.88. The van der Waals surface area contributed by atoms with Crippen molar-refractivity contribution in [3.63, 3.8) is 0 Å². The number of urea groups is 1. The van der Waals surface area contributed by atoms with E-state index in [1.807, 2.05) is 0 Å². The molecule has 1 spiro atoms. The monoisotopic (exact) mass is 170 g/mol. The van der Waals surface area contributed by atoms with E-state index in [2.05, 4.69) is 0 Å². The van der Waals surface area contributed by atoms with Crippen LogP contribution in [0.2, 0.25) is 0 Å². The van der Waals surface area contributed by atoms with Crippen molar-refractivity contribution in [2.75, 3.05) is 26.3 Å². The summed E-state index contributed by atoms with van der Waals surface area (Å²) in [4.78, 5) is 12.5. The molecule has 0 aromatic heterocycles. The molecule has 0 aliphatic carbocycles. The van der Waals surface area contributed by atoms with E-state index < -0.39 is 0 Å². The molecule has 12 heavy (non-hydrogen) atoms. The van der Waals surface area contributed by atoms with Crippen LogP contribution in [0.25, 0.3) is 0 Å². The SMILES string of the molecule is NC(=O)N1CCC2(CC1)COC2. The molecule has 0 unspecified atom stereocenters. The first kappa shape index (κ1) is 7.86. The van der Waals surface area contributed by atoms with E-state index in [1.54, 1.807) is 4.90 Å². The number of rotatable bonds is 0. The van der Waals surface area contributed by atoms with Gasteiger partial charge in [-0.3, -0.25) is 0 Å². The van der Waals surface area contributed by atoms with Gasteiger partial charge in [-0.25, -0.2) is 4.79 Å². The number of hydrogen-bond donors (Lipinski definition) is 1. The molecule has 2 aliphatic rings. The fourth-order valence-electron chi connectivity index (χ4n) is 1.88. The van der Waals surface area contributed by atoms with Gasteiger partial charge in [0.1, 0.15) is 0 Å². The Labute approximate surface area is 71.7 Å². The van der Waals surface area contributed by atoms with E-state index in [9.17, 15) is 4.79 Å². The molecule has 2 heterocycles. The molecule has 68 valence electrons. The van der Waals surface area contributed by atoms with Crippen LogP contribution >= 0.6 is 0 Å². The number of ether oxygens (including phenoxy) is 1. The van der Waals surface area contributed by atoms with Crippen molar-refractivity contribution in [1.82, 2.24) is 4.90 Å². The Morgan fingerprint density at radius 1 is 1.33 bits per heavy atom. The Hall–Kier alpha value is -0.770. The van der Waals surface area contributed by atoms with Gasteiger partial charge in [0, 0.05) is 18.5 Å². The maximum absolute atomic E-state index is 10.8. The van der Waals surface area contributed by atoms with Crippen LogP contribution in [0.15, 0.2) is 0 Å². The third-order valence-electron chi connectivity index (χ3n) is 2.95. The van der Waals surface area contributed by atoms with Crippen LogP contribution in [-0.4, -0.2) is 37.2 Å². The number of carbonyl (C=O) groups is 1. The van der Waals surface area contributed by atoms with Gasteiger partial charge in [-0.15, -0.1) is 0 Å². The summed E-state index contributed by atoms with van der Waals surface area (Å²) in [5.41, 5.74) is 5.57. The minimum absolute atomic E-state index is 0.287. The quantitative estimate of drug-likeness (QED) is 0.563. The summed E-state index contributed by atoms with van der Waals surface area (Å²) in [6.45, 7) is 3.36. The van der Waals surface area contributed by atoms with E-state index >= 15 is 0 Å². The molecule has 2 N–H and O–H groups in total. The highest BCUT2D eigenvalue weighted by Crippen LogP contribution is 2.38. The number of likely N-dealkylation sites (tertiary alicyclic amines) is 1. The van der Waals surface area contributed by atoms with E-state index in [0.717, 1.165) is 39.1 Å². The largest absolute Gasteiger partial charge is 0.380 e. The predicted molar refractivity (Wildman–Crippen MR) is 43.6 cm³/mol. The van der Waals surface area contributed by atoms with Crippen LogP contribution in [0.1, 0.15) is 12.8 Å². The molecule has 0 atom stereocenters. The third-order valence-corrected chi connectivity index (χ3v) is 2.95. The second kappa shape index (κ2) is 2.62. The van der Waals surface area contributed by atoms with Gasteiger partial charge in [-0.1, -0.05) is 0 Å². The number of carbonyl (C=O) groups excluding carboxylic acids is 1. The molecule has 4 nitrogen and oxygen atoms in total. The van der Waals surface area contributed by atoms with E-state index in [1.165, 1.54) is 0 Å². The van der Waals surface area contributed by atoms with Crippen molar-refractivity contribution in [3.05, 3.63) is 0 Å². The van der Waals surface area contributed by atoms with Crippen molar-refractivity contribution in [1.29, 1.82) is 0 Å². The van der Waals surface area contributed by atoms with Crippen molar-refractivity contribution in [3.8, 4) is 0 Å². The zero-order chi connectivity index (χ0) is 8.60. The Bertz CT molecular complexity index is 191. The minimum Gasteiger partial charge on any atom is -0.380 e. The topological polar surface area (TPSA) is 55.6 Å². The van der Waals surface area contributed by atoms with Crippen LogP contribution in [0.5, 0.6) is 0 Å². The lowest BCUT2D eigenvalue weighted by Crippen LogP contribution is -2.53. The summed E-state index contributed by atoms with van der Waals surface area (Å²) in [5.74, 6) is 0. The summed E-state index contributed by atoms with van der Waals surface area (Å²) in [5, 5.41) is 0. The van der Waals surface area contributed by atoms with Crippen molar-refractivity contribution in [2.24, 2.45) is 11.1 Å². The number of piperidine rings is 1. The number of nitrogens with two attached hydrogens (primary N) is 1. The standard InChI is InChI=1S/C8H14N2O2/c9-7(11)10-3-1-8(2-4-10)5-12-6-8/h1-6H2,(H2,9,11). The summed E-state index contributed by atoms with van der Waals surface area (Å²) in [7, 11) is 0. The highest BCUT2D eigenvalue weighted by atomic mass is 16.5. The van der Waals surface area contributed by atoms with Crippen LogP contribution in [0.4, 0.5) is 4.79 Å². The van der Waals surface area contributed by atoms with Gasteiger partial charge in [-0.05, 0) is 12.8 Å². The van der Waals surface area contributed by atoms with Crippen molar-refractivity contribution < 1.29 is 9.53 Å². The molecular weight excluding hydrogens is 156 g/mol. The summed E-state index contributed by atoms with van der Waals surface area (Å²) in [6, 6.07) is -0.287. The van der Waals surface area contributed by atoms with Crippen LogP contribution in [0.3, 0.4) is 0 Å². The normalized spacial score (nSPS) is 26.8. The molecular formula is C8H14N2O2. The molecule has 0 radical (unpaired) electrons. The molecule has 4 heteroatoms. The van der Waals surface area contributed by atoms with Gasteiger partial charge in [0.25, 0.3) is 0 Å². The van der Waals surface area contributed by atoms with Crippen molar-refractivity contribution in [2.45, 2.75) is 12.8 Å². The molecule has 2 rings (SSSR count). The maximum atomic E-state index is 10.8. The molecule has 2 aliphatic heterocycles. The second-order valence-corrected chi connectivity index (χ2v) is 3.82. The average Bonchev–Trinajstić information content (AvgIpc) is 2.02. The van der Waals surface area contributed by atoms with Gasteiger partial charge < -0.3 is 15.4 Å². The maximum Gasteiger partial charge on any atom is 0.314 e. The molecule has 2 amide bonds. The van der Waals surface area contributed by atoms with Crippen LogP contribution in [-0.2, 0) is 4.74 Å². The highest BCUT2D eigenvalue weighted by Gasteiger charge is 2.41. The van der Waals surface area contributed by atoms with E-state index in [-0.39, 0.29) is 6.03 Å². The first-order chi connectivity index (χ1) is 5.72. The fraction of sp³-hybridized carbons (Fsp3) is 0.875. The van der Waals surface area contributed by atoms with Crippen LogP contribution < -0.4 is 5.73 Å². The molecule has 0 bridgehead atoms. The average molecular weight is 170 g/mol. The smallest absolute Gasteiger partial charge is 0.314 e. The van der Waals surface area contributed by atoms with Gasteiger partial charge >= 0.3 is 6.03 Å². The molecule has 0 aromatic carbocycles. The highest BCUT2D eigenvalue weighted by molar-refractivity contribution is 5.72. The number of hydrogen-bond acceptors (Lipinski definition) is 2. The lowest BCUT2D eigenvalue weighted by atomic mass is 9.77. The van der Waals surface area contributed by atoms with Gasteiger partial charge in [0.2, 0.25) is 0 Å². The lowest BCUT2D eigenvalue weighted by Gasteiger charge is -2.46. The van der Waals surface area contributed by atoms with Gasteiger partial charge in [-0.2, -0.15) is 0 Å². The lowest BCUT2D eigenvalue weighted by molar-refractivity contribution is -0.135. The minimum atomic E-state index is -0.287. The van der Waals surface area contributed by atoms with Gasteiger partial charge in [0.05, 0.1) is 13.2 Å².